The van der Waals surface area contributed by atoms with Crippen LogP contribution in [-0.4, -0.2) is 57.7 Å². The number of amides is 2. The van der Waals surface area contributed by atoms with Crippen LogP contribution in [0.3, 0.4) is 0 Å². The molecule has 8 nitrogen and oxygen atoms in total. The summed E-state index contributed by atoms with van der Waals surface area (Å²) in [5.74, 6) is 0.178. The summed E-state index contributed by atoms with van der Waals surface area (Å²) in [5.41, 5.74) is 2.92. The van der Waals surface area contributed by atoms with Gasteiger partial charge in [-0.15, -0.1) is 11.3 Å². The van der Waals surface area contributed by atoms with Crippen molar-refractivity contribution in [3.05, 3.63) is 58.3 Å². The van der Waals surface area contributed by atoms with Crippen LogP contribution in [0.2, 0.25) is 0 Å². The highest BCUT2D eigenvalue weighted by atomic mass is 32.1. The maximum absolute atomic E-state index is 12.5. The number of benzene rings is 1. The first-order valence-electron chi connectivity index (χ1n) is 9.36. The molecule has 0 bridgehead atoms. The Morgan fingerprint density at radius 3 is 2.41 bits per heavy atom. The quantitative estimate of drug-likeness (QED) is 0.714. The zero-order valence-corrected chi connectivity index (χ0v) is 17.1. The van der Waals surface area contributed by atoms with Crippen LogP contribution in [0.15, 0.2) is 42.0 Å². The van der Waals surface area contributed by atoms with E-state index in [-0.39, 0.29) is 11.8 Å². The van der Waals surface area contributed by atoms with Gasteiger partial charge in [-0.25, -0.2) is 9.67 Å². The Bertz CT molecular complexity index is 1020. The summed E-state index contributed by atoms with van der Waals surface area (Å²) in [4.78, 5) is 33.6. The molecule has 3 aromatic rings. The van der Waals surface area contributed by atoms with E-state index in [1.807, 2.05) is 42.6 Å². The molecule has 0 atom stereocenters. The first-order chi connectivity index (χ1) is 14.0. The summed E-state index contributed by atoms with van der Waals surface area (Å²) in [5, 5.41) is 8.86. The Morgan fingerprint density at radius 1 is 1.10 bits per heavy atom. The molecular formula is C20H22N6O2S. The molecule has 2 amide bonds. The summed E-state index contributed by atoms with van der Waals surface area (Å²) in [6.45, 7) is 4.71. The van der Waals surface area contributed by atoms with E-state index in [0.717, 1.165) is 30.0 Å². The first kappa shape index (κ1) is 19.1. The number of hydrogen-bond acceptors (Lipinski definition) is 6. The van der Waals surface area contributed by atoms with Gasteiger partial charge in [-0.3, -0.25) is 9.59 Å². The molecule has 2 aromatic heterocycles. The number of carbonyl (C=O) groups is 2. The van der Waals surface area contributed by atoms with Crippen molar-refractivity contribution in [1.82, 2.24) is 19.7 Å². The zero-order valence-electron chi connectivity index (χ0n) is 16.3. The molecule has 0 unspecified atom stereocenters. The molecule has 0 aliphatic carbocycles. The second-order valence-corrected chi connectivity index (χ2v) is 7.89. The molecule has 0 radical (unpaired) electrons. The number of nitrogens with zero attached hydrogens (tertiary/aromatic N) is 5. The van der Waals surface area contributed by atoms with Crippen molar-refractivity contribution in [3.63, 3.8) is 0 Å². The fraction of sp³-hybridized carbons (Fsp3) is 0.300. The first-order valence-corrected chi connectivity index (χ1v) is 10.2. The third kappa shape index (κ3) is 4.14. The van der Waals surface area contributed by atoms with Gasteiger partial charge in [0.15, 0.2) is 0 Å². The molecule has 150 valence electrons. The van der Waals surface area contributed by atoms with Crippen LogP contribution in [0, 0.1) is 6.92 Å². The maximum Gasteiger partial charge on any atom is 0.291 e. The molecule has 4 rings (SSSR count). The smallest absolute Gasteiger partial charge is 0.291 e. The molecule has 1 saturated heterocycles. The van der Waals surface area contributed by atoms with Crippen LogP contribution in [0.4, 0.5) is 11.4 Å². The lowest BCUT2D eigenvalue weighted by Gasteiger charge is -2.35. The average Bonchev–Trinajstić information content (AvgIpc) is 3.36. The molecule has 3 heterocycles. The van der Waals surface area contributed by atoms with Gasteiger partial charge in [0.2, 0.25) is 5.82 Å². The fourth-order valence-corrected chi connectivity index (χ4v) is 4.09. The average molecular weight is 411 g/mol. The topological polar surface area (TPSA) is 83.4 Å². The van der Waals surface area contributed by atoms with Gasteiger partial charge in [-0.05, 0) is 48.2 Å². The highest BCUT2D eigenvalue weighted by Gasteiger charge is 2.25. The third-order valence-electron chi connectivity index (χ3n) is 4.91. The van der Waals surface area contributed by atoms with E-state index < -0.39 is 0 Å². The Kier molecular flexibility index (Phi) is 5.30. The van der Waals surface area contributed by atoms with Crippen molar-refractivity contribution in [1.29, 1.82) is 0 Å². The van der Waals surface area contributed by atoms with Gasteiger partial charge >= 0.3 is 0 Å². The largest absolute Gasteiger partial charge is 0.368 e. The third-order valence-corrected chi connectivity index (χ3v) is 5.96. The van der Waals surface area contributed by atoms with Gasteiger partial charge in [-0.2, -0.15) is 5.10 Å². The number of anilines is 2. The number of thiophene rings is 1. The number of carbonyl (C=O) groups excluding carboxylic acids is 2. The van der Waals surface area contributed by atoms with Gasteiger partial charge in [0.25, 0.3) is 11.8 Å². The summed E-state index contributed by atoms with van der Waals surface area (Å²) < 4.78 is 1.50. The van der Waals surface area contributed by atoms with Gasteiger partial charge < -0.3 is 15.1 Å². The molecule has 1 aromatic carbocycles. The van der Waals surface area contributed by atoms with Gasteiger partial charge in [0.1, 0.15) is 6.33 Å². The van der Waals surface area contributed by atoms with Crippen LogP contribution in [0.25, 0.3) is 0 Å². The van der Waals surface area contributed by atoms with Crippen LogP contribution in [0.5, 0.6) is 0 Å². The number of aromatic nitrogens is 3. The molecule has 0 spiro atoms. The van der Waals surface area contributed by atoms with Crippen molar-refractivity contribution < 1.29 is 9.59 Å². The van der Waals surface area contributed by atoms with Crippen LogP contribution in [0.1, 0.15) is 25.9 Å². The standard InChI is InChI=1S/C20H22N6O2S/c1-14-11-17(29-12-14)19(27)23-15-3-5-16(6-4-15)25-7-9-26(10-8-25)20(28)18-21-13-22-24(18)2/h3-6,11-13H,7-10H2,1-2H3,(H,23,27). The summed E-state index contributed by atoms with van der Waals surface area (Å²) in [6.07, 6.45) is 1.39. The number of rotatable bonds is 4. The minimum atomic E-state index is -0.0912. The van der Waals surface area contributed by atoms with E-state index in [2.05, 4.69) is 20.3 Å². The van der Waals surface area contributed by atoms with E-state index in [0.29, 0.717) is 23.8 Å². The number of aryl methyl sites for hydroxylation is 2. The van der Waals surface area contributed by atoms with E-state index >= 15 is 0 Å². The minimum absolute atomic E-state index is 0.0910. The fourth-order valence-electron chi connectivity index (χ4n) is 3.30. The lowest BCUT2D eigenvalue weighted by Crippen LogP contribution is -2.49. The van der Waals surface area contributed by atoms with Crippen LogP contribution >= 0.6 is 11.3 Å². The molecule has 9 heteroatoms. The predicted octanol–water partition coefficient (Wildman–Crippen LogP) is 2.40. The monoisotopic (exact) mass is 410 g/mol. The van der Waals surface area contributed by atoms with Gasteiger partial charge in [-0.1, -0.05) is 0 Å². The van der Waals surface area contributed by atoms with E-state index in [1.165, 1.54) is 22.3 Å². The van der Waals surface area contributed by atoms with Gasteiger partial charge in [0, 0.05) is 44.6 Å². The Hall–Kier alpha value is -3.20. The molecular weight excluding hydrogens is 388 g/mol. The van der Waals surface area contributed by atoms with Crippen molar-refractivity contribution in [2.75, 3.05) is 36.4 Å². The van der Waals surface area contributed by atoms with Crippen molar-refractivity contribution in [2.45, 2.75) is 6.92 Å². The summed E-state index contributed by atoms with van der Waals surface area (Å²) in [6, 6.07) is 9.69. The Balaban J connectivity index is 1.34. The molecule has 29 heavy (non-hydrogen) atoms. The molecule has 1 N–H and O–H groups in total. The number of piperazine rings is 1. The normalized spacial score (nSPS) is 14.1. The number of nitrogens with one attached hydrogen (secondary N) is 1. The molecule has 1 aliphatic rings. The Morgan fingerprint density at radius 2 is 1.83 bits per heavy atom. The second kappa shape index (κ2) is 8.04. The predicted molar refractivity (Wildman–Crippen MR) is 113 cm³/mol. The summed E-state index contributed by atoms with van der Waals surface area (Å²) >= 11 is 1.44. The molecule has 1 fully saturated rings. The number of hydrogen-bond donors (Lipinski definition) is 1. The lowest BCUT2D eigenvalue weighted by atomic mass is 10.2. The maximum atomic E-state index is 12.5. The van der Waals surface area contributed by atoms with Crippen molar-refractivity contribution >= 4 is 34.5 Å². The minimum Gasteiger partial charge on any atom is -0.368 e. The molecule has 0 saturated carbocycles. The lowest BCUT2D eigenvalue weighted by molar-refractivity contribution is 0.0729. The second-order valence-electron chi connectivity index (χ2n) is 6.98. The van der Waals surface area contributed by atoms with Gasteiger partial charge in [0.05, 0.1) is 4.88 Å². The van der Waals surface area contributed by atoms with Crippen LogP contribution < -0.4 is 10.2 Å². The zero-order chi connectivity index (χ0) is 20.4. The highest BCUT2D eigenvalue weighted by molar-refractivity contribution is 7.12. The Labute approximate surface area is 172 Å². The van der Waals surface area contributed by atoms with E-state index in [9.17, 15) is 9.59 Å². The summed E-state index contributed by atoms with van der Waals surface area (Å²) in [7, 11) is 1.72. The van der Waals surface area contributed by atoms with Crippen molar-refractivity contribution in [3.8, 4) is 0 Å². The SMILES string of the molecule is Cc1csc(C(=O)Nc2ccc(N3CCN(C(=O)c4ncnn4C)CC3)cc2)c1. The highest BCUT2D eigenvalue weighted by Crippen LogP contribution is 2.21. The van der Waals surface area contributed by atoms with E-state index in [4.69, 9.17) is 0 Å². The molecule has 1 aliphatic heterocycles. The van der Waals surface area contributed by atoms with Crippen molar-refractivity contribution in [2.24, 2.45) is 7.05 Å². The van der Waals surface area contributed by atoms with Crippen LogP contribution in [-0.2, 0) is 7.05 Å². The van der Waals surface area contributed by atoms with E-state index in [1.54, 1.807) is 11.9 Å².